The lowest BCUT2D eigenvalue weighted by Gasteiger charge is -2.34. The first-order valence-corrected chi connectivity index (χ1v) is 8.83. The van der Waals surface area contributed by atoms with E-state index in [0.717, 1.165) is 37.4 Å². The van der Waals surface area contributed by atoms with E-state index in [4.69, 9.17) is 0 Å². The lowest BCUT2D eigenvalue weighted by Crippen LogP contribution is -2.44. The number of aryl methyl sites for hydroxylation is 1. The Morgan fingerprint density at radius 3 is 2.52 bits per heavy atom. The van der Waals surface area contributed by atoms with E-state index in [1.165, 1.54) is 18.2 Å². The van der Waals surface area contributed by atoms with Crippen LogP contribution in [-0.2, 0) is 0 Å². The molecule has 1 amide bonds. The van der Waals surface area contributed by atoms with E-state index >= 15 is 0 Å². The topological polar surface area (TPSA) is 44.8 Å². The first-order chi connectivity index (χ1) is 12.9. The fourth-order valence-corrected chi connectivity index (χ4v) is 3.06. The normalized spacial score (nSPS) is 15.1. The van der Waals surface area contributed by atoms with Crippen molar-refractivity contribution in [2.75, 3.05) is 43.4 Å². The summed E-state index contributed by atoms with van der Waals surface area (Å²) < 4.78 is 29.0. The molecule has 0 radical (unpaired) electrons. The maximum absolute atomic E-state index is 12.5. The summed E-state index contributed by atoms with van der Waals surface area (Å²) in [5.41, 5.74) is 3.03. The smallest absolute Gasteiger partial charge is 0.387 e. The van der Waals surface area contributed by atoms with Gasteiger partial charge in [0.25, 0.3) is 5.91 Å². The third-order valence-corrected chi connectivity index (χ3v) is 4.65. The molecule has 0 bridgehead atoms. The van der Waals surface area contributed by atoms with E-state index in [-0.39, 0.29) is 17.2 Å². The van der Waals surface area contributed by atoms with Crippen LogP contribution in [-0.4, -0.2) is 50.6 Å². The highest BCUT2D eigenvalue weighted by Crippen LogP contribution is 2.24. The van der Waals surface area contributed by atoms with Crippen LogP contribution >= 0.6 is 0 Å². The minimum absolute atomic E-state index is 0.0419. The maximum Gasteiger partial charge on any atom is 0.387 e. The molecule has 0 aromatic heterocycles. The number of alkyl halides is 2. The fraction of sp³-hybridized carbons (Fsp3) is 0.350. The molecule has 2 aromatic rings. The summed E-state index contributed by atoms with van der Waals surface area (Å²) in [6.07, 6.45) is 0. The van der Waals surface area contributed by atoms with Crippen molar-refractivity contribution in [3.05, 3.63) is 53.6 Å². The van der Waals surface area contributed by atoms with Gasteiger partial charge in [-0.15, -0.1) is 0 Å². The lowest BCUT2D eigenvalue weighted by atomic mass is 10.1. The van der Waals surface area contributed by atoms with Gasteiger partial charge in [0.15, 0.2) is 0 Å². The third kappa shape index (κ3) is 4.95. The molecule has 5 nitrogen and oxygen atoms in total. The summed E-state index contributed by atoms with van der Waals surface area (Å²) in [4.78, 5) is 17.1. The number of halogens is 2. The van der Waals surface area contributed by atoms with Gasteiger partial charge in [-0.3, -0.25) is 4.79 Å². The van der Waals surface area contributed by atoms with Gasteiger partial charge in [-0.05, 0) is 55.9 Å². The lowest BCUT2D eigenvalue weighted by molar-refractivity contribution is -0.0498. The highest BCUT2D eigenvalue weighted by Gasteiger charge is 2.16. The van der Waals surface area contributed by atoms with Gasteiger partial charge < -0.3 is 19.9 Å². The Bertz CT molecular complexity index is 806. The second-order valence-corrected chi connectivity index (χ2v) is 6.65. The molecule has 1 saturated heterocycles. The van der Waals surface area contributed by atoms with Gasteiger partial charge in [0, 0.05) is 43.1 Å². The zero-order valence-corrected chi connectivity index (χ0v) is 15.4. The van der Waals surface area contributed by atoms with Gasteiger partial charge in [-0.1, -0.05) is 6.07 Å². The fourth-order valence-electron chi connectivity index (χ4n) is 3.06. The summed E-state index contributed by atoms with van der Waals surface area (Å²) in [6, 6.07) is 11.7. The molecular weight excluding hydrogens is 352 g/mol. The number of rotatable bonds is 5. The van der Waals surface area contributed by atoms with Crippen LogP contribution in [0.4, 0.5) is 20.2 Å². The van der Waals surface area contributed by atoms with Crippen molar-refractivity contribution in [3.8, 4) is 5.75 Å². The number of nitrogens with one attached hydrogen (secondary N) is 1. The van der Waals surface area contributed by atoms with Crippen LogP contribution in [0.3, 0.4) is 0 Å². The molecule has 1 aliphatic heterocycles. The Morgan fingerprint density at radius 2 is 1.85 bits per heavy atom. The SMILES string of the molecule is Cc1cc(N2CCN(C)CC2)ccc1NC(=O)c1cccc(OC(F)F)c1. The van der Waals surface area contributed by atoms with Crippen LogP contribution in [0.5, 0.6) is 5.75 Å². The van der Waals surface area contributed by atoms with Crippen LogP contribution < -0.4 is 15.0 Å². The van der Waals surface area contributed by atoms with Crippen molar-refractivity contribution in [2.24, 2.45) is 0 Å². The molecule has 144 valence electrons. The highest BCUT2D eigenvalue weighted by atomic mass is 19.3. The highest BCUT2D eigenvalue weighted by molar-refractivity contribution is 6.05. The van der Waals surface area contributed by atoms with Gasteiger partial charge in [0.05, 0.1) is 0 Å². The molecule has 1 N–H and O–H groups in total. The number of carbonyl (C=O) groups excluding carboxylic acids is 1. The third-order valence-electron chi connectivity index (χ3n) is 4.65. The standard InChI is InChI=1S/C20H23F2N3O2/c1-14-12-16(25-10-8-24(2)9-11-25)6-7-18(14)23-19(26)15-4-3-5-17(13-15)27-20(21)22/h3-7,12-13,20H,8-11H2,1-2H3,(H,23,26). The Hall–Kier alpha value is -2.67. The predicted octanol–water partition coefficient (Wildman–Crippen LogP) is 3.60. The van der Waals surface area contributed by atoms with E-state index < -0.39 is 6.61 Å². The van der Waals surface area contributed by atoms with Crippen LogP contribution in [0.25, 0.3) is 0 Å². The number of ether oxygens (including phenoxy) is 1. The summed E-state index contributed by atoms with van der Waals surface area (Å²) in [7, 11) is 2.11. The van der Waals surface area contributed by atoms with Gasteiger partial charge >= 0.3 is 6.61 Å². The average Bonchev–Trinajstić information content (AvgIpc) is 2.63. The largest absolute Gasteiger partial charge is 0.435 e. The second-order valence-electron chi connectivity index (χ2n) is 6.65. The molecule has 27 heavy (non-hydrogen) atoms. The number of anilines is 2. The van der Waals surface area contributed by atoms with Crippen LogP contribution in [0, 0.1) is 6.92 Å². The molecule has 0 spiro atoms. The molecular formula is C20H23F2N3O2. The Labute approximate surface area is 157 Å². The molecule has 0 atom stereocenters. The molecule has 3 rings (SSSR count). The van der Waals surface area contributed by atoms with E-state index in [9.17, 15) is 13.6 Å². The summed E-state index contributed by atoms with van der Waals surface area (Å²) in [5.74, 6) is -0.412. The molecule has 0 aliphatic carbocycles. The number of likely N-dealkylation sites (N-methyl/N-ethyl adjacent to an activating group) is 1. The zero-order valence-electron chi connectivity index (χ0n) is 15.4. The van der Waals surface area contributed by atoms with Gasteiger partial charge in [-0.2, -0.15) is 8.78 Å². The number of carbonyl (C=O) groups is 1. The maximum atomic E-state index is 12.5. The van der Waals surface area contributed by atoms with Crippen molar-refractivity contribution >= 4 is 17.3 Å². The van der Waals surface area contributed by atoms with Crippen LogP contribution in [0.1, 0.15) is 15.9 Å². The van der Waals surface area contributed by atoms with E-state index in [1.807, 2.05) is 19.1 Å². The number of piperazine rings is 1. The molecule has 1 aliphatic rings. The van der Waals surface area contributed by atoms with Gasteiger partial charge in [0.2, 0.25) is 0 Å². The zero-order chi connectivity index (χ0) is 19.4. The monoisotopic (exact) mass is 375 g/mol. The number of hydrogen-bond acceptors (Lipinski definition) is 4. The van der Waals surface area contributed by atoms with Crippen molar-refractivity contribution in [1.29, 1.82) is 0 Å². The minimum Gasteiger partial charge on any atom is -0.435 e. The van der Waals surface area contributed by atoms with Crippen molar-refractivity contribution in [2.45, 2.75) is 13.5 Å². The number of nitrogens with zero attached hydrogens (tertiary/aromatic N) is 2. The average molecular weight is 375 g/mol. The first-order valence-electron chi connectivity index (χ1n) is 8.83. The Kier molecular flexibility index (Phi) is 5.91. The van der Waals surface area contributed by atoms with Crippen LogP contribution in [0.15, 0.2) is 42.5 Å². The number of benzene rings is 2. The molecule has 2 aromatic carbocycles. The molecule has 1 fully saturated rings. The molecule has 1 heterocycles. The van der Waals surface area contributed by atoms with E-state index in [1.54, 1.807) is 6.07 Å². The molecule has 0 saturated carbocycles. The van der Waals surface area contributed by atoms with Gasteiger partial charge in [0.1, 0.15) is 5.75 Å². The first kappa shape index (κ1) is 19.1. The van der Waals surface area contributed by atoms with Crippen molar-refractivity contribution < 1.29 is 18.3 Å². The summed E-state index contributed by atoms with van der Waals surface area (Å²) >= 11 is 0. The quantitative estimate of drug-likeness (QED) is 0.867. The second kappa shape index (κ2) is 8.35. The Morgan fingerprint density at radius 1 is 1.11 bits per heavy atom. The number of amides is 1. The molecule has 7 heteroatoms. The van der Waals surface area contributed by atoms with Crippen molar-refractivity contribution in [1.82, 2.24) is 4.90 Å². The van der Waals surface area contributed by atoms with E-state index in [2.05, 4.69) is 33.0 Å². The van der Waals surface area contributed by atoms with Crippen LogP contribution in [0.2, 0.25) is 0 Å². The van der Waals surface area contributed by atoms with Gasteiger partial charge in [-0.25, -0.2) is 0 Å². The minimum atomic E-state index is -2.92. The van der Waals surface area contributed by atoms with E-state index in [0.29, 0.717) is 5.69 Å². The predicted molar refractivity (Wildman–Crippen MR) is 102 cm³/mol. The summed E-state index contributed by atoms with van der Waals surface area (Å²) in [6.45, 7) is 3.00. The number of hydrogen-bond donors (Lipinski definition) is 1. The summed E-state index contributed by atoms with van der Waals surface area (Å²) in [5, 5.41) is 2.84. The van der Waals surface area contributed by atoms with Crippen molar-refractivity contribution in [3.63, 3.8) is 0 Å². The molecule has 0 unspecified atom stereocenters. The Balaban J connectivity index is 1.69.